The van der Waals surface area contributed by atoms with Gasteiger partial charge in [0.15, 0.2) is 0 Å². The highest BCUT2D eigenvalue weighted by Crippen LogP contribution is 2.26. The van der Waals surface area contributed by atoms with Crippen LogP contribution in [0.1, 0.15) is 25.1 Å². The zero-order valence-electron chi connectivity index (χ0n) is 21.7. The number of rotatable bonds is 5. The van der Waals surface area contributed by atoms with E-state index >= 15 is 0 Å². The number of carbonyl (C=O) groups is 1. The van der Waals surface area contributed by atoms with Gasteiger partial charge in [-0.1, -0.05) is 44.2 Å². The third-order valence-electron chi connectivity index (χ3n) is 6.19. The molecule has 1 aliphatic heterocycles. The van der Waals surface area contributed by atoms with Crippen LogP contribution in [0.4, 0.5) is 10.2 Å². The second kappa shape index (κ2) is 11.7. The van der Waals surface area contributed by atoms with E-state index < -0.39 is 0 Å². The van der Waals surface area contributed by atoms with E-state index in [-0.39, 0.29) is 18.3 Å². The average molecular weight is 502 g/mol. The minimum atomic E-state index is -0.358. The first-order valence-electron chi connectivity index (χ1n) is 12.5. The molecule has 1 aromatic carbocycles. The average Bonchev–Trinajstić information content (AvgIpc) is 3.35. The molecule has 1 saturated heterocycles. The summed E-state index contributed by atoms with van der Waals surface area (Å²) in [6, 6.07) is 15.3. The molecule has 0 N–H and O–H groups in total. The highest BCUT2D eigenvalue weighted by Gasteiger charge is 2.24. The number of hydrogen-bond donors (Lipinski definition) is 0. The smallest absolute Gasteiger partial charge is 0.244 e. The summed E-state index contributed by atoms with van der Waals surface area (Å²) in [5.41, 5.74) is 4.35. The van der Waals surface area contributed by atoms with Crippen LogP contribution >= 0.6 is 0 Å². The lowest BCUT2D eigenvalue weighted by Crippen LogP contribution is -2.50. The molecule has 37 heavy (non-hydrogen) atoms. The zero-order chi connectivity index (χ0) is 26.4. The number of hydrogen-bond acceptors (Lipinski definition) is 6. The van der Waals surface area contributed by atoms with Gasteiger partial charge in [-0.3, -0.25) is 14.5 Å². The number of aromatic nitrogens is 5. The predicted octanol–water partition coefficient (Wildman–Crippen LogP) is 4.53. The molecule has 1 aliphatic rings. The molecule has 0 aliphatic carbocycles. The van der Waals surface area contributed by atoms with Crippen molar-refractivity contribution in [2.24, 2.45) is 0 Å². The molecular weight excluding hydrogens is 469 g/mol. The van der Waals surface area contributed by atoms with Gasteiger partial charge in [-0.25, -0.2) is 14.4 Å². The van der Waals surface area contributed by atoms with Crippen molar-refractivity contribution in [2.45, 2.75) is 34.2 Å². The maximum atomic E-state index is 13.7. The number of anilines is 1. The van der Waals surface area contributed by atoms with Crippen LogP contribution in [0.25, 0.3) is 22.6 Å². The first-order valence-corrected chi connectivity index (χ1v) is 12.5. The fraction of sp³-hybridized carbons (Fsp3) is 0.321. The Morgan fingerprint density at radius 1 is 0.919 bits per heavy atom. The Labute approximate surface area is 216 Å². The van der Waals surface area contributed by atoms with Crippen LogP contribution in [0.15, 0.2) is 61.1 Å². The fourth-order valence-corrected chi connectivity index (χ4v) is 4.21. The van der Waals surface area contributed by atoms with E-state index in [1.165, 1.54) is 6.20 Å². The third-order valence-corrected chi connectivity index (χ3v) is 6.19. The van der Waals surface area contributed by atoms with Crippen molar-refractivity contribution in [2.75, 3.05) is 31.1 Å². The van der Waals surface area contributed by atoms with Crippen molar-refractivity contribution >= 4 is 11.7 Å². The van der Waals surface area contributed by atoms with Gasteiger partial charge >= 0.3 is 0 Å². The lowest BCUT2D eigenvalue weighted by atomic mass is 10.1. The minimum Gasteiger partial charge on any atom is -0.353 e. The minimum absolute atomic E-state index is 0.00130. The van der Waals surface area contributed by atoms with E-state index in [0.717, 1.165) is 22.8 Å². The van der Waals surface area contributed by atoms with Crippen molar-refractivity contribution in [3.63, 3.8) is 0 Å². The van der Waals surface area contributed by atoms with Gasteiger partial charge in [0.05, 0.1) is 17.6 Å². The maximum absolute atomic E-state index is 13.7. The number of nitrogens with zero attached hydrogens (tertiary/aromatic N) is 7. The summed E-state index contributed by atoms with van der Waals surface area (Å²) >= 11 is 0. The van der Waals surface area contributed by atoms with Gasteiger partial charge < -0.3 is 9.80 Å². The van der Waals surface area contributed by atoms with Crippen molar-refractivity contribution in [3.8, 4) is 22.6 Å². The molecule has 0 spiro atoms. The molecule has 0 bridgehead atoms. The van der Waals surface area contributed by atoms with Crippen LogP contribution in [-0.2, 0) is 11.3 Å². The number of aryl methyl sites for hydroxylation is 2. The van der Waals surface area contributed by atoms with E-state index in [0.29, 0.717) is 43.1 Å². The predicted molar refractivity (Wildman–Crippen MR) is 142 cm³/mol. The van der Waals surface area contributed by atoms with Crippen molar-refractivity contribution in [1.29, 1.82) is 0 Å². The summed E-state index contributed by atoms with van der Waals surface area (Å²) in [7, 11) is 0. The van der Waals surface area contributed by atoms with E-state index in [9.17, 15) is 9.18 Å². The summed E-state index contributed by atoms with van der Waals surface area (Å²) in [6.45, 7) is 10.4. The van der Waals surface area contributed by atoms with Crippen molar-refractivity contribution in [3.05, 3.63) is 78.1 Å². The highest BCUT2D eigenvalue weighted by molar-refractivity contribution is 5.78. The summed E-state index contributed by atoms with van der Waals surface area (Å²) in [4.78, 5) is 30.0. The van der Waals surface area contributed by atoms with Gasteiger partial charge in [-0.05, 0) is 37.1 Å². The standard InChI is InChI=1S/C26H26FN7O.C2H6/c1-18-12-22(28-15-21(18)27)23-14-24(20-6-4-3-5-7-20)34(31-23)16-26(35)33-10-8-32(9-11-33)25-13-19(2)29-17-30-25;1-2/h3-7,12-15,17H,8-11,16H2,1-2H3;1-2H3. The zero-order valence-corrected chi connectivity index (χ0v) is 21.7. The van der Waals surface area contributed by atoms with Gasteiger partial charge in [0.1, 0.15) is 30.2 Å². The Morgan fingerprint density at radius 2 is 1.65 bits per heavy atom. The number of benzene rings is 1. The van der Waals surface area contributed by atoms with Crippen molar-refractivity contribution in [1.82, 2.24) is 29.6 Å². The molecule has 0 unspecified atom stereocenters. The number of amides is 1. The monoisotopic (exact) mass is 501 g/mol. The number of pyridine rings is 1. The molecule has 8 nitrogen and oxygen atoms in total. The Kier molecular flexibility index (Phi) is 8.22. The second-order valence-electron chi connectivity index (χ2n) is 8.64. The van der Waals surface area contributed by atoms with E-state index in [1.807, 2.05) is 68.1 Å². The molecule has 0 saturated carbocycles. The molecule has 4 heterocycles. The third kappa shape index (κ3) is 5.99. The molecule has 9 heteroatoms. The number of halogens is 1. The number of piperazine rings is 1. The molecule has 0 atom stereocenters. The van der Waals surface area contributed by atoms with Gasteiger partial charge in [0, 0.05) is 37.9 Å². The quantitative estimate of drug-likeness (QED) is 0.400. The summed E-state index contributed by atoms with van der Waals surface area (Å²) in [5.74, 6) is 0.524. The normalized spacial score (nSPS) is 13.2. The molecular formula is C28H32FN7O. The van der Waals surface area contributed by atoms with Gasteiger partial charge in [-0.2, -0.15) is 5.10 Å². The van der Waals surface area contributed by atoms with Crippen LogP contribution in [0.5, 0.6) is 0 Å². The van der Waals surface area contributed by atoms with Crippen molar-refractivity contribution < 1.29 is 9.18 Å². The van der Waals surface area contributed by atoms with Crippen LogP contribution < -0.4 is 4.90 Å². The van der Waals surface area contributed by atoms with Gasteiger partial charge in [-0.15, -0.1) is 0 Å². The highest BCUT2D eigenvalue weighted by atomic mass is 19.1. The summed E-state index contributed by atoms with van der Waals surface area (Å²) in [5, 5.41) is 4.69. The summed E-state index contributed by atoms with van der Waals surface area (Å²) < 4.78 is 15.5. The largest absolute Gasteiger partial charge is 0.353 e. The molecule has 3 aromatic heterocycles. The second-order valence-corrected chi connectivity index (χ2v) is 8.64. The van der Waals surface area contributed by atoms with Crippen LogP contribution in [0, 0.1) is 19.7 Å². The van der Waals surface area contributed by atoms with Gasteiger partial charge in [0.25, 0.3) is 0 Å². The van der Waals surface area contributed by atoms with E-state index in [2.05, 4.69) is 19.9 Å². The van der Waals surface area contributed by atoms with Crippen LogP contribution in [-0.4, -0.2) is 61.7 Å². The maximum Gasteiger partial charge on any atom is 0.244 e. The Morgan fingerprint density at radius 3 is 2.32 bits per heavy atom. The fourth-order valence-electron chi connectivity index (χ4n) is 4.21. The lowest BCUT2D eigenvalue weighted by molar-refractivity contribution is -0.132. The lowest BCUT2D eigenvalue weighted by Gasteiger charge is -2.35. The Balaban J connectivity index is 0.00000156. The molecule has 5 rings (SSSR count). The molecule has 4 aromatic rings. The Hall–Kier alpha value is -4.14. The first kappa shape index (κ1) is 25.9. The topological polar surface area (TPSA) is 80.0 Å². The molecule has 0 radical (unpaired) electrons. The molecule has 192 valence electrons. The Bertz CT molecular complexity index is 1350. The number of carbonyl (C=O) groups excluding carboxylic acids is 1. The van der Waals surface area contributed by atoms with Gasteiger partial charge in [0.2, 0.25) is 5.91 Å². The molecule has 1 fully saturated rings. The van der Waals surface area contributed by atoms with Crippen LogP contribution in [0.3, 0.4) is 0 Å². The SMILES string of the molecule is CC.Cc1cc(N2CCN(C(=O)Cn3nc(-c4cc(C)c(F)cn4)cc3-c3ccccc3)CC2)ncn1. The first-order chi connectivity index (χ1) is 18.0. The summed E-state index contributed by atoms with van der Waals surface area (Å²) in [6.07, 6.45) is 2.77. The van der Waals surface area contributed by atoms with E-state index in [1.54, 1.807) is 24.0 Å². The molecule has 1 amide bonds. The van der Waals surface area contributed by atoms with E-state index in [4.69, 9.17) is 5.10 Å². The van der Waals surface area contributed by atoms with Crippen LogP contribution in [0.2, 0.25) is 0 Å².